The molecule has 0 saturated heterocycles. The van der Waals surface area contributed by atoms with Crippen molar-refractivity contribution < 1.29 is 19.1 Å². The lowest BCUT2D eigenvalue weighted by Crippen LogP contribution is -2.34. The summed E-state index contributed by atoms with van der Waals surface area (Å²) in [4.78, 5) is 36.0. The molecule has 122 valence electrons. The molecule has 2 rings (SSSR count). The summed E-state index contributed by atoms with van der Waals surface area (Å²) in [5.74, 6) is -0.879. The summed E-state index contributed by atoms with van der Waals surface area (Å²) >= 11 is 0. The molecule has 1 aromatic carbocycles. The molecule has 0 radical (unpaired) electrons. The Morgan fingerprint density at radius 1 is 1.26 bits per heavy atom. The number of rotatable bonds is 5. The van der Waals surface area contributed by atoms with Crippen molar-refractivity contribution in [2.45, 2.75) is 38.6 Å². The highest BCUT2D eigenvalue weighted by Crippen LogP contribution is 2.31. The van der Waals surface area contributed by atoms with Gasteiger partial charge in [-0.3, -0.25) is 9.59 Å². The number of esters is 1. The number of ketones is 2. The van der Waals surface area contributed by atoms with E-state index >= 15 is 0 Å². The number of allylic oxidation sites excluding steroid dienone is 1. The quantitative estimate of drug-likeness (QED) is 0.512. The predicted octanol–water partition coefficient (Wildman–Crippen LogP) is 2.13. The Morgan fingerprint density at radius 2 is 1.87 bits per heavy atom. The van der Waals surface area contributed by atoms with E-state index in [1.807, 2.05) is 30.3 Å². The number of carbonyl (C=O) groups excluding carboxylic acids is 3. The molecule has 0 bridgehead atoms. The first-order chi connectivity index (χ1) is 11.0. The number of carbonyl (C=O) groups is 3. The predicted molar refractivity (Wildman–Crippen MR) is 85.7 cm³/mol. The molecule has 0 aromatic heterocycles. The van der Waals surface area contributed by atoms with Gasteiger partial charge < -0.3 is 10.1 Å². The van der Waals surface area contributed by atoms with E-state index < -0.39 is 12.0 Å². The first-order valence-electron chi connectivity index (χ1n) is 7.77. The largest absolute Gasteiger partial charge is 0.464 e. The highest BCUT2D eigenvalue weighted by molar-refractivity contribution is 6.22. The van der Waals surface area contributed by atoms with Gasteiger partial charge in [-0.1, -0.05) is 30.3 Å². The van der Waals surface area contributed by atoms with Gasteiger partial charge in [-0.25, -0.2) is 4.79 Å². The minimum absolute atomic E-state index is 0.0733. The summed E-state index contributed by atoms with van der Waals surface area (Å²) in [6, 6.07) is 8.97. The molecule has 1 aromatic rings. The van der Waals surface area contributed by atoms with Gasteiger partial charge >= 0.3 is 5.97 Å². The highest BCUT2D eigenvalue weighted by atomic mass is 16.5. The SMILES string of the molecule is CCOC(=O)[C@H](C)NC=C1C(=O)CC(c2ccccc2)CC1=O. The second-order valence-electron chi connectivity index (χ2n) is 5.56. The third-order valence-electron chi connectivity index (χ3n) is 3.85. The summed E-state index contributed by atoms with van der Waals surface area (Å²) in [5.41, 5.74) is 1.13. The van der Waals surface area contributed by atoms with Crippen LogP contribution in [0.2, 0.25) is 0 Å². The van der Waals surface area contributed by atoms with Crippen molar-refractivity contribution in [3.8, 4) is 0 Å². The Hall–Kier alpha value is -2.43. The average molecular weight is 315 g/mol. The summed E-state index contributed by atoms with van der Waals surface area (Å²) in [7, 11) is 0. The Balaban J connectivity index is 2.03. The van der Waals surface area contributed by atoms with Crippen LogP contribution in [0.5, 0.6) is 0 Å². The first-order valence-corrected chi connectivity index (χ1v) is 7.77. The molecule has 1 atom stereocenters. The van der Waals surface area contributed by atoms with Crippen LogP contribution in [0.25, 0.3) is 0 Å². The molecular weight excluding hydrogens is 294 g/mol. The molecule has 0 unspecified atom stereocenters. The Morgan fingerprint density at radius 3 is 2.43 bits per heavy atom. The molecule has 5 heteroatoms. The van der Waals surface area contributed by atoms with Gasteiger partial charge in [-0.05, 0) is 25.3 Å². The molecule has 1 N–H and O–H groups in total. The zero-order valence-electron chi connectivity index (χ0n) is 13.4. The molecule has 23 heavy (non-hydrogen) atoms. The van der Waals surface area contributed by atoms with Crippen molar-refractivity contribution in [1.29, 1.82) is 0 Å². The van der Waals surface area contributed by atoms with Gasteiger partial charge in [-0.15, -0.1) is 0 Å². The summed E-state index contributed by atoms with van der Waals surface area (Å²) in [6.07, 6.45) is 1.96. The lowest BCUT2D eigenvalue weighted by molar-refractivity contribution is -0.145. The topological polar surface area (TPSA) is 72.5 Å². The van der Waals surface area contributed by atoms with Gasteiger partial charge in [0.2, 0.25) is 0 Å². The van der Waals surface area contributed by atoms with Crippen molar-refractivity contribution in [2.24, 2.45) is 0 Å². The molecule has 0 amide bonds. The molecule has 0 spiro atoms. The maximum atomic E-state index is 12.3. The standard InChI is InChI=1S/C18H21NO4/c1-3-23-18(22)12(2)19-11-15-16(20)9-14(10-17(15)21)13-7-5-4-6-8-13/h4-8,11-12,14,19H,3,9-10H2,1-2H3/t12-,14?/m0/s1. The fourth-order valence-corrected chi connectivity index (χ4v) is 2.56. The molecule has 1 aliphatic carbocycles. The minimum atomic E-state index is -0.602. The number of hydrogen-bond donors (Lipinski definition) is 1. The summed E-state index contributed by atoms with van der Waals surface area (Å²) < 4.78 is 4.87. The van der Waals surface area contributed by atoms with E-state index in [2.05, 4.69) is 5.32 Å². The number of Topliss-reactive ketones (excluding diaryl/α,β-unsaturated/α-hetero) is 2. The van der Waals surface area contributed by atoms with Gasteiger partial charge in [0.1, 0.15) is 6.04 Å². The average Bonchev–Trinajstić information content (AvgIpc) is 2.54. The third-order valence-corrected chi connectivity index (χ3v) is 3.85. The first kappa shape index (κ1) is 16.9. The van der Waals surface area contributed by atoms with Crippen LogP contribution in [0, 0.1) is 0 Å². The fraction of sp³-hybridized carbons (Fsp3) is 0.389. The lowest BCUT2D eigenvalue weighted by Gasteiger charge is -2.22. The molecule has 1 fully saturated rings. The van der Waals surface area contributed by atoms with E-state index in [0.717, 1.165) is 5.56 Å². The van der Waals surface area contributed by atoms with E-state index in [4.69, 9.17) is 4.74 Å². The van der Waals surface area contributed by atoms with Crippen molar-refractivity contribution >= 4 is 17.5 Å². The molecule has 1 aliphatic rings. The van der Waals surface area contributed by atoms with Crippen LogP contribution in [-0.2, 0) is 19.1 Å². The fourth-order valence-electron chi connectivity index (χ4n) is 2.56. The van der Waals surface area contributed by atoms with Crippen LogP contribution >= 0.6 is 0 Å². The van der Waals surface area contributed by atoms with E-state index in [1.54, 1.807) is 13.8 Å². The number of hydrogen-bond acceptors (Lipinski definition) is 5. The van der Waals surface area contributed by atoms with E-state index in [9.17, 15) is 14.4 Å². The van der Waals surface area contributed by atoms with E-state index in [1.165, 1.54) is 6.20 Å². The summed E-state index contributed by atoms with van der Waals surface area (Å²) in [6.45, 7) is 3.64. The molecule has 0 aliphatic heterocycles. The smallest absolute Gasteiger partial charge is 0.328 e. The summed E-state index contributed by atoms with van der Waals surface area (Å²) in [5, 5.41) is 2.77. The zero-order valence-corrected chi connectivity index (χ0v) is 13.4. The molecule has 0 heterocycles. The number of ether oxygens (including phenoxy) is 1. The van der Waals surface area contributed by atoms with Gasteiger partial charge in [0.05, 0.1) is 12.2 Å². The van der Waals surface area contributed by atoms with E-state index in [-0.39, 0.29) is 29.7 Å². The van der Waals surface area contributed by atoms with Gasteiger partial charge in [0.15, 0.2) is 11.6 Å². The van der Waals surface area contributed by atoms with Gasteiger partial charge in [-0.2, -0.15) is 0 Å². The maximum Gasteiger partial charge on any atom is 0.328 e. The Labute approximate surface area is 135 Å². The van der Waals surface area contributed by atoms with Crippen molar-refractivity contribution in [2.75, 3.05) is 6.61 Å². The Kier molecular flexibility index (Phi) is 5.68. The van der Waals surface area contributed by atoms with E-state index in [0.29, 0.717) is 12.8 Å². The number of benzene rings is 1. The van der Waals surface area contributed by atoms with Crippen LogP contribution in [-0.4, -0.2) is 30.2 Å². The molecule has 1 saturated carbocycles. The molecular formula is C18H21NO4. The minimum Gasteiger partial charge on any atom is -0.464 e. The monoisotopic (exact) mass is 315 g/mol. The van der Waals surface area contributed by atoms with Crippen molar-refractivity contribution in [3.05, 3.63) is 47.7 Å². The third kappa shape index (κ3) is 4.28. The van der Waals surface area contributed by atoms with Crippen molar-refractivity contribution in [1.82, 2.24) is 5.32 Å². The van der Waals surface area contributed by atoms with Gasteiger partial charge in [0.25, 0.3) is 0 Å². The zero-order chi connectivity index (χ0) is 16.8. The second-order valence-corrected chi connectivity index (χ2v) is 5.56. The second kappa shape index (κ2) is 7.72. The van der Waals surface area contributed by atoms with Crippen LogP contribution in [0.4, 0.5) is 0 Å². The van der Waals surface area contributed by atoms with Gasteiger partial charge in [0, 0.05) is 19.0 Å². The maximum absolute atomic E-state index is 12.3. The van der Waals surface area contributed by atoms with Crippen LogP contribution in [0.1, 0.15) is 38.2 Å². The van der Waals surface area contributed by atoms with Crippen LogP contribution in [0.15, 0.2) is 42.1 Å². The molecule has 5 nitrogen and oxygen atoms in total. The normalized spacial score (nSPS) is 19.2. The Bertz CT molecular complexity index is 601. The highest BCUT2D eigenvalue weighted by Gasteiger charge is 2.31. The van der Waals surface area contributed by atoms with Crippen LogP contribution < -0.4 is 5.32 Å². The number of nitrogens with one attached hydrogen (secondary N) is 1. The lowest BCUT2D eigenvalue weighted by atomic mass is 9.80. The van der Waals surface area contributed by atoms with Crippen LogP contribution in [0.3, 0.4) is 0 Å². The van der Waals surface area contributed by atoms with Crippen molar-refractivity contribution in [3.63, 3.8) is 0 Å².